The molecule has 1 unspecified atom stereocenters. The third-order valence-electron chi connectivity index (χ3n) is 2.39. The fourth-order valence-corrected chi connectivity index (χ4v) is 1.99. The maximum absolute atomic E-state index is 11.6. The molecule has 0 aromatic heterocycles. The van der Waals surface area contributed by atoms with Gasteiger partial charge in [0.1, 0.15) is 0 Å². The van der Waals surface area contributed by atoms with Crippen molar-refractivity contribution in [3.63, 3.8) is 0 Å². The summed E-state index contributed by atoms with van der Waals surface area (Å²) in [5, 5.41) is 13.2. The Balaban J connectivity index is 2.42. The third kappa shape index (κ3) is 6.33. The van der Waals surface area contributed by atoms with Gasteiger partial charge in [0.2, 0.25) is 5.91 Å². The van der Waals surface area contributed by atoms with Crippen LogP contribution in [0.4, 0.5) is 10.5 Å². The SMILES string of the molecule is CC(CC(=O)O)CC(=O)NC(=O)Nc1cccc(Br)c1. The number of rotatable bonds is 5. The monoisotopic (exact) mass is 342 g/mol. The van der Waals surface area contributed by atoms with E-state index in [0.717, 1.165) is 4.47 Å². The van der Waals surface area contributed by atoms with Crippen LogP contribution in [0.2, 0.25) is 0 Å². The normalized spacial score (nSPS) is 11.5. The second-order valence-electron chi connectivity index (χ2n) is 4.42. The van der Waals surface area contributed by atoms with E-state index in [1.165, 1.54) is 0 Å². The summed E-state index contributed by atoms with van der Waals surface area (Å²) in [5.41, 5.74) is 0.545. The highest BCUT2D eigenvalue weighted by molar-refractivity contribution is 9.10. The van der Waals surface area contributed by atoms with Gasteiger partial charge in [-0.15, -0.1) is 0 Å². The Hall–Kier alpha value is -1.89. The first-order chi connectivity index (χ1) is 9.36. The van der Waals surface area contributed by atoms with E-state index in [1.54, 1.807) is 25.1 Å². The molecule has 0 radical (unpaired) electrons. The molecule has 1 atom stereocenters. The lowest BCUT2D eigenvalue weighted by molar-refractivity contribution is -0.138. The van der Waals surface area contributed by atoms with Gasteiger partial charge >= 0.3 is 12.0 Å². The van der Waals surface area contributed by atoms with Gasteiger partial charge in [-0.1, -0.05) is 28.9 Å². The van der Waals surface area contributed by atoms with Crippen LogP contribution >= 0.6 is 15.9 Å². The molecule has 0 spiro atoms. The number of carbonyl (C=O) groups is 3. The van der Waals surface area contributed by atoms with Gasteiger partial charge in [0.15, 0.2) is 0 Å². The van der Waals surface area contributed by atoms with Crippen LogP contribution in [0.25, 0.3) is 0 Å². The van der Waals surface area contributed by atoms with Gasteiger partial charge in [-0.3, -0.25) is 14.9 Å². The van der Waals surface area contributed by atoms with Crippen LogP contribution in [-0.4, -0.2) is 23.0 Å². The van der Waals surface area contributed by atoms with Crippen LogP contribution in [0.1, 0.15) is 19.8 Å². The van der Waals surface area contributed by atoms with Crippen molar-refractivity contribution in [1.29, 1.82) is 0 Å². The number of anilines is 1. The standard InChI is InChI=1S/C13H15BrN2O4/c1-8(6-12(18)19)5-11(17)16-13(20)15-10-4-2-3-9(14)7-10/h2-4,7-8H,5-6H2,1H3,(H,18,19)(H2,15,16,17,20). The highest BCUT2D eigenvalue weighted by atomic mass is 79.9. The first kappa shape index (κ1) is 16.2. The van der Waals surface area contributed by atoms with E-state index in [-0.39, 0.29) is 18.8 Å². The van der Waals surface area contributed by atoms with Gasteiger partial charge in [0.25, 0.3) is 0 Å². The smallest absolute Gasteiger partial charge is 0.325 e. The minimum absolute atomic E-state index is 0.0157. The van der Waals surface area contributed by atoms with Gasteiger partial charge in [-0.25, -0.2) is 4.79 Å². The maximum Gasteiger partial charge on any atom is 0.325 e. The van der Waals surface area contributed by atoms with Crippen LogP contribution < -0.4 is 10.6 Å². The molecule has 0 fully saturated rings. The molecule has 0 bridgehead atoms. The number of hydrogen-bond donors (Lipinski definition) is 3. The van der Waals surface area contributed by atoms with Crippen molar-refractivity contribution in [2.45, 2.75) is 19.8 Å². The first-order valence-corrected chi connectivity index (χ1v) is 6.74. The number of carboxylic acid groups (broad SMARTS) is 1. The second kappa shape index (κ2) is 7.64. The summed E-state index contributed by atoms with van der Waals surface area (Å²) in [4.78, 5) is 33.6. The molecule has 0 aliphatic rings. The van der Waals surface area contributed by atoms with Crippen molar-refractivity contribution in [2.75, 3.05) is 5.32 Å². The topological polar surface area (TPSA) is 95.5 Å². The number of urea groups is 1. The molecule has 0 aliphatic heterocycles. The number of amides is 3. The number of carbonyl (C=O) groups excluding carboxylic acids is 2. The second-order valence-corrected chi connectivity index (χ2v) is 5.34. The van der Waals surface area contributed by atoms with Crippen molar-refractivity contribution in [3.05, 3.63) is 28.7 Å². The molecule has 3 amide bonds. The van der Waals surface area contributed by atoms with Gasteiger partial charge in [0.05, 0.1) is 0 Å². The quantitative estimate of drug-likeness (QED) is 0.766. The molecule has 3 N–H and O–H groups in total. The molecule has 0 saturated heterocycles. The zero-order valence-corrected chi connectivity index (χ0v) is 12.4. The van der Waals surface area contributed by atoms with E-state index in [1.807, 2.05) is 6.07 Å². The summed E-state index contributed by atoms with van der Waals surface area (Å²) in [6.45, 7) is 1.64. The number of imide groups is 1. The Morgan fingerprint density at radius 2 is 2.00 bits per heavy atom. The lowest BCUT2D eigenvalue weighted by Crippen LogP contribution is -2.35. The van der Waals surface area contributed by atoms with Gasteiger partial charge in [-0.2, -0.15) is 0 Å². The highest BCUT2D eigenvalue weighted by Gasteiger charge is 2.14. The first-order valence-electron chi connectivity index (χ1n) is 5.95. The Morgan fingerprint density at radius 3 is 2.60 bits per heavy atom. The molecule has 0 aliphatic carbocycles. The van der Waals surface area contributed by atoms with Crippen molar-refractivity contribution in [1.82, 2.24) is 5.32 Å². The zero-order valence-electron chi connectivity index (χ0n) is 10.9. The van der Waals surface area contributed by atoms with Gasteiger partial charge in [-0.05, 0) is 24.1 Å². The number of halogens is 1. The van der Waals surface area contributed by atoms with E-state index in [2.05, 4.69) is 26.6 Å². The molecular weight excluding hydrogens is 328 g/mol. The van der Waals surface area contributed by atoms with Crippen LogP contribution in [0.15, 0.2) is 28.7 Å². The van der Waals surface area contributed by atoms with E-state index in [0.29, 0.717) is 5.69 Å². The number of aliphatic carboxylic acids is 1. The number of carboxylic acids is 1. The number of benzene rings is 1. The predicted molar refractivity (Wildman–Crippen MR) is 77.3 cm³/mol. The molecule has 6 nitrogen and oxygen atoms in total. The van der Waals surface area contributed by atoms with E-state index in [4.69, 9.17) is 5.11 Å². The van der Waals surface area contributed by atoms with Crippen LogP contribution in [0.5, 0.6) is 0 Å². The molecule has 1 aromatic carbocycles. The lowest BCUT2D eigenvalue weighted by Gasteiger charge is -2.09. The van der Waals surface area contributed by atoms with Crippen LogP contribution in [0, 0.1) is 5.92 Å². The molecular formula is C13H15BrN2O4. The van der Waals surface area contributed by atoms with Gasteiger partial charge < -0.3 is 10.4 Å². The lowest BCUT2D eigenvalue weighted by atomic mass is 10.0. The third-order valence-corrected chi connectivity index (χ3v) is 2.89. The summed E-state index contributed by atoms with van der Waals surface area (Å²) in [7, 11) is 0. The summed E-state index contributed by atoms with van der Waals surface area (Å²) in [6.07, 6.45) is -0.126. The van der Waals surface area contributed by atoms with E-state index >= 15 is 0 Å². The number of nitrogens with one attached hydrogen (secondary N) is 2. The Labute approximate surface area is 124 Å². The van der Waals surface area contributed by atoms with E-state index < -0.39 is 17.9 Å². The highest BCUT2D eigenvalue weighted by Crippen LogP contribution is 2.15. The average Bonchev–Trinajstić information content (AvgIpc) is 2.26. The molecule has 0 heterocycles. The summed E-state index contributed by atoms with van der Waals surface area (Å²) < 4.78 is 0.803. The zero-order chi connectivity index (χ0) is 15.1. The van der Waals surface area contributed by atoms with Gasteiger partial charge in [0, 0.05) is 23.0 Å². The minimum Gasteiger partial charge on any atom is -0.481 e. The minimum atomic E-state index is -0.969. The van der Waals surface area contributed by atoms with E-state index in [9.17, 15) is 14.4 Å². The molecule has 1 aromatic rings. The van der Waals surface area contributed by atoms with Crippen molar-refractivity contribution in [2.24, 2.45) is 5.92 Å². The maximum atomic E-state index is 11.6. The Bertz CT molecular complexity index is 519. The summed E-state index contributed by atoms with van der Waals surface area (Å²) in [6, 6.07) is 6.28. The Kier molecular flexibility index (Phi) is 6.17. The molecule has 20 heavy (non-hydrogen) atoms. The van der Waals surface area contributed by atoms with Crippen LogP contribution in [-0.2, 0) is 9.59 Å². The fraction of sp³-hybridized carbons (Fsp3) is 0.308. The average molecular weight is 343 g/mol. The van der Waals surface area contributed by atoms with Crippen molar-refractivity contribution < 1.29 is 19.5 Å². The van der Waals surface area contributed by atoms with Crippen LogP contribution in [0.3, 0.4) is 0 Å². The molecule has 0 saturated carbocycles. The molecule has 1 rings (SSSR count). The largest absolute Gasteiger partial charge is 0.481 e. The fourth-order valence-electron chi connectivity index (χ4n) is 1.59. The molecule has 108 valence electrons. The molecule has 7 heteroatoms. The number of hydrogen-bond acceptors (Lipinski definition) is 3. The van der Waals surface area contributed by atoms with Crippen molar-refractivity contribution >= 4 is 39.5 Å². The van der Waals surface area contributed by atoms with Crippen molar-refractivity contribution in [3.8, 4) is 0 Å². The Morgan fingerprint density at radius 1 is 1.30 bits per heavy atom. The predicted octanol–water partition coefficient (Wildman–Crippen LogP) is 2.60. The summed E-state index contributed by atoms with van der Waals surface area (Å²) >= 11 is 3.26. The summed E-state index contributed by atoms with van der Waals surface area (Å²) in [5.74, 6) is -1.80.